The predicted molar refractivity (Wildman–Crippen MR) is 170 cm³/mol. The summed E-state index contributed by atoms with van der Waals surface area (Å²) in [7, 11) is 2.18. The highest BCUT2D eigenvalue weighted by atomic mass is 35.5. The number of likely N-dealkylation sites (N-methyl/N-ethyl adjacent to an activating group) is 1. The number of benzene rings is 2. The first-order valence-electron chi connectivity index (χ1n) is 15.5. The number of hydrogen-bond acceptors (Lipinski definition) is 6. The minimum Gasteiger partial charge on any atom is -0.344 e. The number of piperazine rings is 1. The van der Waals surface area contributed by atoms with E-state index in [0.717, 1.165) is 56.7 Å². The van der Waals surface area contributed by atoms with E-state index in [4.69, 9.17) is 17.3 Å². The Bertz CT molecular complexity index is 1120. The molecule has 0 bridgehead atoms. The number of nitrogens with zero attached hydrogens (tertiary/aromatic N) is 4. The van der Waals surface area contributed by atoms with E-state index in [9.17, 15) is 9.59 Å². The van der Waals surface area contributed by atoms with Crippen LogP contribution in [0.15, 0.2) is 54.6 Å². The zero-order valence-corrected chi connectivity index (χ0v) is 26.3. The summed E-state index contributed by atoms with van der Waals surface area (Å²) in [4.78, 5) is 31.4. The molecule has 2 atom stereocenters. The van der Waals surface area contributed by atoms with Crippen LogP contribution in [0.4, 0.5) is 0 Å². The number of carbonyl (C=O) groups is 2. The third-order valence-electron chi connectivity index (χ3n) is 8.37. The molecule has 8 nitrogen and oxygen atoms in total. The first-order valence-corrected chi connectivity index (χ1v) is 15.9. The number of nitrogens with one attached hydrogen (secondary N) is 1. The number of carbonyl (C=O) groups excluding carboxylic acids is 2. The number of likely N-dealkylation sites (tertiary alicyclic amines) is 1. The van der Waals surface area contributed by atoms with Crippen LogP contribution < -0.4 is 11.1 Å². The van der Waals surface area contributed by atoms with Crippen molar-refractivity contribution in [1.82, 2.24) is 25.1 Å². The van der Waals surface area contributed by atoms with Crippen LogP contribution in [0, 0.1) is 5.92 Å². The molecule has 0 aromatic heterocycles. The third kappa shape index (κ3) is 9.78. The van der Waals surface area contributed by atoms with Crippen LogP contribution in [-0.4, -0.2) is 103 Å². The highest BCUT2D eigenvalue weighted by Gasteiger charge is 2.34. The molecule has 2 aliphatic heterocycles. The molecule has 2 fully saturated rings. The van der Waals surface area contributed by atoms with E-state index in [-0.39, 0.29) is 24.3 Å². The van der Waals surface area contributed by atoms with Gasteiger partial charge >= 0.3 is 0 Å². The maximum Gasteiger partial charge on any atom is 0.245 e. The van der Waals surface area contributed by atoms with Crippen molar-refractivity contribution in [1.29, 1.82) is 0 Å². The molecule has 42 heavy (non-hydrogen) atoms. The van der Waals surface area contributed by atoms with E-state index in [2.05, 4.69) is 41.1 Å². The monoisotopic (exact) mass is 596 g/mol. The topological polar surface area (TPSA) is 85.1 Å². The van der Waals surface area contributed by atoms with Gasteiger partial charge in [0, 0.05) is 75.8 Å². The second-order valence-corrected chi connectivity index (χ2v) is 12.9. The molecule has 2 aromatic rings. The molecule has 9 heteroatoms. The smallest absolute Gasteiger partial charge is 0.245 e. The van der Waals surface area contributed by atoms with Gasteiger partial charge in [0.1, 0.15) is 6.04 Å². The lowest BCUT2D eigenvalue weighted by atomic mass is 9.99. The number of piperidine rings is 1. The Morgan fingerprint density at radius 1 is 0.929 bits per heavy atom. The summed E-state index contributed by atoms with van der Waals surface area (Å²) in [5.41, 5.74) is 8.39. The van der Waals surface area contributed by atoms with Crippen LogP contribution in [0.3, 0.4) is 0 Å². The Kier molecular flexibility index (Phi) is 12.2. The lowest BCUT2D eigenvalue weighted by Gasteiger charge is -2.47. The molecule has 0 spiro atoms. The number of hydrogen-bond donors (Lipinski definition) is 2. The molecule has 0 radical (unpaired) electrons. The van der Waals surface area contributed by atoms with Gasteiger partial charge in [0.2, 0.25) is 11.8 Å². The normalized spacial score (nSPS) is 18.8. The molecule has 3 N–H and O–H groups in total. The molecule has 2 unspecified atom stereocenters. The van der Waals surface area contributed by atoms with Gasteiger partial charge in [-0.3, -0.25) is 9.59 Å². The van der Waals surface area contributed by atoms with Crippen molar-refractivity contribution < 1.29 is 9.59 Å². The molecule has 4 rings (SSSR count). The van der Waals surface area contributed by atoms with Crippen LogP contribution in [-0.2, 0) is 22.4 Å². The van der Waals surface area contributed by atoms with Crippen molar-refractivity contribution >= 4 is 23.4 Å². The Morgan fingerprint density at radius 3 is 2.17 bits per heavy atom. The van der Waals surface area contributed by atoms with Gasteiger partial charge in [0.25, 0.3) is 0 Å². The minimum absolute atomic E-state index is 0.0246. The fraction of sp³-hybridized carbons (Fsp3) is 0.576. The van der Waals surface area contributed by atoms with Gasteiger partial charge in [0.15, 0.2) is 0 Å². The molecule has 230 valence electrons. The van der Waals surface area contributed by atoms with Crippen molar-refractivity contribution in [3.63, 3.8) is 0 Å². The van der Waals surface area contributed by atoms with Crippen LogP contribution in [0.1, 0.15) is 44.2 Å². The Hall–Kier alpha value is -2.49. The fourth-order valence-electron chi connectivity index (χ4n) is 6.06. The van der Waals surface area contributed by atoms with Gasteiger partial charge in [-0.05, 0) is 55.5 Å². The molecule has 2 saturated heterocycles. The lowest BCUT2D eigenvalue weighted by molar-refractivity contribution is -0.140. The molecule has 2 heterocycles. The SMILES string of the molecule is CC(C)CN(C1CCN(C(=O)C(Cc2ccc(Cl)cc2)NC(=O)CC(N)Cc2ccccc2)CC1)N1CCN(C)CC1. The number of hydrazine groups is 1. The summed E-state index contributed by atoms with van der Waals surface area (Å²) in [6.45, 7) is 11.2. The van der Waals surface area contributed by atoms with E-state index >= 15 is 0 Å². The summed E-state index contributed by atoms with van der Waals surface area (Å²) >= 11 is 6.11. The van der Waals surface area contributed by atoms with Gasteiger partial charge in [-0.2, -0.15) is 0 Å². The quantitative estimate of drug-likeness (QED) is 0.391. The molecular formula is C33H49ClN6O2. The Labute approximate surface area is 257 Å². The molecule has 0 saturated carbocycles. The van der Waals surface area contributed by atoms with Crippen molar-refractivity contribution in [2.75, 3.05) is 52.9 Å². The predicted octanol–water partition coefficient (Wildman–Crippen LogP) is 3.44. The van der Waals surface area contributed by atoms with Gasteiger partial charge in [-0.1, -0.05) is 67.9 Å². The van der Waals surface area contributed by atoms with Crippen molar-refractivity contribution in [3.8, 4) is 0 Å². The summed E-state index contributed by atoms with van der Waals surface area (Å²) in [6.07, 6.45) is 3.04. The maximum atomic E-state index is 13.9. The third-order valence-corrected chi connectivity index (χ3v) is 8.62. The van der Waals surface area contributed by atoms with Gasteiger partial charge in [0.05, 0.1) is 0 Å². The number of halogens is 1. The largest absolute Gasteiger partial charge is 0.344 e. The maximum absolute atomic E-state index is 13.9. The molecular weight excluding hydrogens is 548 g/mol. The number of amides is 2. The number of rotatable bonds is 12. The van der Waals surface area contributed by atoms with Crippen LogP contribution in [0.5, 0.6) is 0 Å². The standard InChI is InChI=1S/C33H49ClN6O2/c1-25(2)24-40(39-19-17-37(3)18-20-39)30-13-15-38(16-14-30)33(42)31(22-27-9-11-28(34)12-10-27)36-32(41)23-29(35)21-26-7-5-4-6-8-26/h4-12,25,29-31H,13-24,35H2,1-3H3,(H,36,41). The van der Waals surface area contributed by atoms with E-state index in [1.54, 1.807) is 0 Å². The molecule has 0 aliphatic carbocycles. The molecule has 2 aliphatic rings. The molecule has 2 amide bonds. The zero-order chi connectivity index (χ0) is 30.1. The Morgan fingerprint density at radius 2 is 1.55 bits per heavy atom. The highest BCUT2D eigenvalue weighted by molar-refractivity contribution is 6.30. The number of nitrogens with two attached hydrogens (primary N) is 1. The Balaban J connectivity index is 1.38. The van der Waals surface area contributed by atoms with E-state index in [0.29, 0.717) is 42.9 Å². The van der Waals surface area contributed by atoms with E-state index in [1.165, 1.54) is 0 Å². The van der Waals surface area contributed by atoms with Crippen molar-refractivity contribution in [3.05, 3.63) is 70.7 Å². The van der Waals surface area contributed by atoms with Gasteiger partial charge in [-0.25, -0.2) is 10.0 Å². The lowest BCUT2D eigenvalue weighted by Crippen LogP contribution is -2.60. The summed E-state index contributed by atoms with van der Waals surface area (Å²) in [6, 6.07) is 16.9. The second-order valence-electron chi connectivity index (χ2n) is 12.4. The van der Waals surface area contributed by atoms with Crippen molar-refractivity contribution in [2.45, 2.75) is 64.1 Å². The molecule has 2 aromatic carbocycles. The second kappa shape index (κ2) is 15.8. The minimum atomic E-state index is -0.649. The van der Waals surface area contributed by atoms with E-state index < -0.39 is 6.04 Å². The fourth-order valence-corrected chi connectivity index (χ4v) is 6.19. The zero-order valence-electron chi connectivity index (χ0n) is 25.6. The van der Waals surface area contributed by atoms with Crippen LogP contribution in [0.25, 0.3) is 0 Å². The van der Waals surface area contributed by atoms with Gasteiger partial charge < -0.3 is 20.9 Å². The van der Waals surface area contributed by atoms with Crippen molar-refractivity contribution in [2.24, 2.45) is 11.7 Å². The first kappa shape index (κ1) is 32.4. The first-order chi connectivity index (χ1) is 20.2. The van der Waals surface area contributed by atoms with Crippen LogP contribution in [0.2, 0.25) is 5.02 Å². The summed E-state index contributed by atoms with van der Waals surface area (Å²) in [5, 5.41) is 8.80. The summed E-state index contributed by atoms with van der Waals surface area (Å²) in [5.74, 6) is 0.346. The van der Waals surface area contributed by atoms with E-state index in [1.807, 2.05) is 59.5 Å². The summed E-state index contributed by atoms with van der Waals surface area (Å²) < 4.78 is 0. The van der Waals surface area contributed by atoms with Gasteiger partial charge in [-0.15, -0.1) is 0 Å². The average Bonchev–Trinajstić information content (AvgIpc) is 2.97. The highest BCUT2D eigenvalue weighted by Crippen LogP contribution is 2.22. The average molecular weight is 597 g/mol. The van der Waals surface area contributed by atoms with Crippen LogP contribution >= 0.6 is 11.6 Å².